The highest BCUT2D eigenvalue weighted by Gasteiger charge is 2.34. The van der Waals surface area contributed by atoms with Crippen molar-refractivity contribution in [2.45, 2.75) is 31.1 Å². The maximum atomic E-state index is 12.6. The van der Waals surface area contributed by atoms with Crippen LogP contribution in [0.1, 0.15) is 29.4 Å². The number of aromatic nitrogens is 2. The Labute approximate surface area is 125 Å². The van der Waals surface area contributed by atoms with Gasteiger partial charge in [-0.3, -0.25) is 0 Å². The van der Waals surface area contributed by atoms with Crippen molar-refractivity contribution in [1.82, 2.24) is 14.3 Å². The lowest BCUT2D eigenvalue weighted by Crippen LogP contribution is -2.28. The van der Waals surface area contributed by atoms with Crippen LogP contribution < -0.4 is 0 Å². The van der Waals surface area contributed by atoms with Crippen LogP contribution in [-0.4, -0.2) is 35.8 Å². The van der Waals surface area contributed by atoms with Gasteiger partial charge >= 0.3 is 0 Å². The molecule has 0 bridgehead atoms. The predicted molar refractivity (Wildman–Crippen MR) is 80.6 cm³/mol. The maximum Gasteiger partial charge on any atom is 0.243 e. The Morgan fingerprint density at radius 1 is 1.24 bits per heavy atom. The first-order valence-electron chi connectivity index (χ1n) is 7.05. The molecule has 1 N–H and O–H groups in total. The average Bonchev–Trinajstić information content (AvgIpc) is 3.08. The molecule has 0 unspecified atom stereocenters. The van der Waals surface area contributed by atoms with Crippen LogP contribution in [0.4, 0.5) is 0 Å². The van der Waals surface area contributed by atoms with Crippen LogP contribution in [0, 0.1) is 13.8 Å². The van der Waals surface area contributed by atoms with E-state index in [1.165, 1.54) is 0 Å². The number of nitrogens with zero attached hydrogens (tertiary/aromatic N) is 2. The van der Waals surface area contributed by atoms with Crippen molar-refractivity contribution >= 4 is 10.0 Å². The summed E-state index contributed by atoms with van der Waals surface area (Å²) in [5.41, 5.74) is 2.06. The van der Waals surface area contributed by atoms with E-state index in [1.54, 1.807) is 22.6 Å². The van der Waals surface area contributed by atoms with Crippen molar-refractivity contribution in [1.29, 1.82) is 0 Å². The zero-order chi connectivity index (χ0) is 15.0. The zero-order valence-corrected chi connectivity index (χ0v) is 13.0. The molecule has 5 nitrogen and oxygen atoms in total. The number of H-pyrrole nitrogens is 1. The van der Waals surface area contributed by atoms with Crippen LogP contribution in [0.15, 0.2) is 35.4 Å². The molecule has 1 atom stereocenters. The molecular formula is C15H19N3O2S. The third kappa shape index (κ3) is 2.73. The number of nitrogens with one attached hydrogen (secondary N) is 1. The summed E-state index contributed by atoms with van der Waals surface area (Å²) in [6.07, 6.45) is 2.59. The first kappa shape index (κ1) is 14.3. The monoisotopic (exact) mass is 305 g/mol. The van der Waals surface area contributed by atoms with E-state index in [4.69, 9.17) is 0 Å². The second kappa shape index (κ2) is 5.27. The Morgan fingerprint density at radius 2 is 1.95 bits per heavy atom. The van der Waals surface area contributed by atoms with Crippen LogP contribution in [0.25, 0.3) is 0 Å². The average molecular weight is 305 g/mol. The van der Waals surface area contributed by atoms with E-state index in [0.717, 1.165) is 23.5 Å². The number of imidazole rings is 1. The van der Waals surface area contributed by atoms with E-state index in [-0.39, 0.29) is 5.92 Å². The highest BCUT2D eigenvalue weighted by atomic mass is 32.2. The molecule has 3 rings (SSSR count). The Hall–Kier alpha value is -1.66. The number of benzene rings is 1. The van der Waals surface area contributed by atoms with E-state index >= 15 is 0 Å². The first-order valence-corrected chi connectivity index (χ1v) is 8.49. The molecule has 2 aromatic rings. The molecule has 0 saturated carbocycles. The fourth-order valence-corrected chi connectivity index (χ4v) is 4.17. The van der Waals surface area contributed by atoms with Crippen LogP contribution in [-0.2, 0) is 10.0 Å². The van der Waals surface area contributed by atoms with E-state index in [2.05, 4.69) is 9.97 Å². The first-order chi connectivity index (χ1) is 9.96. The Morgan fingerprint density at radius 3 is 2.57 bits per heavy atom. The maximum absolute atomic E-state index is 12.6. The lowest BCUT2D eigenvalue weighted by atomic mass is 10.1. The second-order valence-corrected chi connectivity index (χ2v) is 7.55. The highest BCUT2D eigenvalue weighted by molar-refractivity contribution is 7.89. The van der Waals surface area contributed by atoms with Crippen LogP contribution in [0.2, 0.25) is 0 Å². The Kier molecular flexibility index (Phi) is 3.59. The summed E-state index contributed by atoms with van der Waals surface area (Å²) in [5, 5.41) is 0. The molecule has 1 saturated heterocycles. The Bertz CT molecular complexity index is 735. The summed E-state index contributed by atoms with van der Waals surface area (Å²) in [4.78, 5) is 7.89. The standard InChI is InChI=1S/C15H19N3O2S/c1-11-3-5-14(6-4-11)21(19,20)18-8-7-13(10-18)15-16-9-12(2)17-15/h3-6,9,13H,7-8,10H2,1-2H3,(H,16,17)/t13-/m1/s1. The van der Waals surface area contributed by atoms with Crippen molar-refractivity contribution in [2.24, 2.45) is 0 Å². The van der Waals surface area contributed by atoms with Gasteiger partial charge in [0.2, 0.25) is 10.0 Å². The van der Waals surface area contributed by atoms with Gasteiger partial charge in [-0.05, 0) is 32.4 Å². The summed E-state index contributed by atoms with van der Waals surface area (Å²) >= 11 is 0. The van der Waals surface area contributed by atoms with Gasteiger partial charge in [0.15, 0.2) is 0 Å². The van der Waals surface area contributed by atoms with Crippen LogP contribution in [0.5, 0.6) is 0 Å². The van der Waals surface area contributed by atoms with E-state index in [0.29, 0.717) is 18.0 Å². The second-order valence-electron chi connectivity index (χ2n) is 5.61. The molecule has 6 heteroatoms. The molecule has 1 aliphatic rings. The lowest BCUT2D eigenvalue weighted by Gasteiger charge is -2.16. The van der Waals surface area contributed by atoms with Crippen molar-refractivity contribution in [3.63, 3.8) is 0 Å². The molecule has 21 heavy (non-hydrogen) atoms. The highest BCUT2D eigenvalue weighted by Crippen LogP contribution is 2.29. The minimum Gasteiger partial charge on any atom is -0.346 e. The van der Waals surface area contributed by atoms with Gasteiger partial charge in [0.1, 0.15) is 5.82 Å². The van der Waals surface area contributed by atoms with Gasteiger partial charge in [0.05, 0.1) is 4.90 Å². The summed E-state index contributed by atoms with van der Waals surface area (Å²) in [6, 6.07) is 7.01. The fraction of sp³-hybridized carbons (Fsp3) is 0.400. The van der Waals surface area contributed by atoms with E-state index < -0.39 is 10.0 Å². The van der Waals surface area contributed by atoms with Crippen molar-refractivity contribution < 1.29 is 8.42 Å². The summed E-state index contributed by atoms with van der Waals surface area (Å²) in [6.45, 7) is 4.93. The Balaban J connectivity index is 1.80. The van der Waals surface area contributed by atoms with Gasteiger partial charge in [0, 0.05) is 30.9 Å². The molecule has 112 valence electrons. The topological polar surface area (TPSA) is 66.1 Å². The zero-order valence-electron chi connectivity index (χ0n) is 12.2. The molecule has 1 aromatic carbocycles. The van der Waals surface area contributed by atoms with Crippen LogP contribution in [0.3, 0.4) is 0 Å². The quantitative estimate of drug-likeness (QED) is 0.945. The van der Waals surface area contributed by atoms with Crippen molar-refractivity contribution in [3.8, 4) is 0 Å². The number of aromatic amines is 1. The number of hydrogen-bond donors (Lipinski definition) is 1. The molecule has 1 aromatic heterocycles. The van der Waals surface area contributed by atoms with Crippen molar-refractivity contribution in [3.05, 3.63) is 47.5 Å². The number of sulfonamides is 1. The summed E-state index contributed by atoms with van der Waals surface area (Å²) in [5.74, 6) is 1.04. The summed E-state index contributed by atoms with van der Waals surface area (Å²) in [7, 11) is -3.40. The van der Waals surface area contributed by atoms with Gasteiger partial charge in [0.25, 0.3) is 0 Å². The fourth-order valence-electron chi connectivity index (χ4n) is 2.67. The largest absolute Gasteiger partial charge is 0.346 e. The van der Waals surface area contributed by atoms with Gasteiger partial charge in [-0.15, -0.1) is 0 Å². The molecular weight excluding hydrogens is 286 g/mol. The van der Waals surface area contributed by atoms with E-state index in [9.17, 15) is 8.42 Å². The molecule has 0 radical (unpaired) electrons. The van der Waals surface area contributed by atoms with Gasteiger partial charge in [-0.1, -0.05) is 17.7 Å². The smallest absolute Gasteiger partial charge is 0.243 e. The third-order valence-corrected chi connectivity index (χ3v) is 5.80. The molecule has 1 aliphatic heterocycles. The molecule has 0 amide bonds. The molecule has 0 aliphatic carbocycles. The molecule has 0 spiro atoms. The normalized spacial score (nSPS) is 20.0. The minimum absolute atomic E-state index is 0.152. The number of hydrogen-bond acceptors (Lipinski definition) is 3. The molecule has 2 heterocycles. The minimum atomic E-state index is -3.40. The number of rotatable bonds is 3. The molecule has 1 fully saturated rings. The van der Waals surface area contributed by atoms with Gasteiger partial charge in [-0.2, -0.15) is 4.31 Å². The van der Waals surface area contributed by atoms with Crippen LogP contribution >= 0.6 is 0 Å². The van der Waals surface area contributed by atoms with Gasteiger partial charge < -0.3 is 4.98 Å². The third-order valence-electron chi connectivity index (χ3n) is 3.92. The lowest BCUT2D eigenvalue weighted by molar-refractivity contribution is 0.471. The van der Waals surface area contributed by atoms with E-state index in [1.807, 2.05) is 26.0 Å². The van der Waals surface area contributed by atoms with Crippen molar-refractivity contribution in [2.75, 3.05) is 13.1 Å². The summed E-state index contributed by atoms with van der Waals surface area (Å²) < 4.78 is 26.8. The predicted octanol–water partition coefficient (Wildman–Crippen LogP) is 2.20. The SMILES string of the molecule is Cc1ccc(S(=O)(=O)N2CC[C@@H](c3ncc(C)[nH]3)C2)cc1. The number of aryl methyl sites for hydroxylation is 2. The van der Waals surface area contributed by atoms with Gasteiger partial charge in [-0.25, -0.2) is 13.4 Å².